The number of nitrogens with zero attached hydrogens (tertiary/aromatic N) is 1. The van der Waals surface area contributed by atoms with Gasteiger partial charge >= 0.3 is 0 Å². The fourth-order valence-electron chi connectivity index (χ4n) is 5.69. The van der Waals surface area contributed by atoms with Crippen LogP contribution >= 0.6 is 0 Å². The van der Waals surface area contributed by atoms with Crippen molar-refractivity contribution in [2.75, 3.05) is 19.4 Å². The number of anilines is 1. The number of benzene rings is 1. The standard InChI is InChI=1S/C24H26N3O8.Y/c1-8-5-13(26-9(2)28)18(29)15-11(8)6-10-7-12-17(27(3)4)20(31)16(23(25)34)22(33)24(12,35)21(32)14(10)19(15)30;/h10,12,17,29-30,33,35H,6-7H2,1-4H3,(H2,25,34)(H,26,28);/q-1;/t10-,12-,17-,24-;/m0./s1. The molecular formula is C24H26N3O8Y-. The zero-order valence-electron chi connectivity index (χ0n) is 20.2. The van der Waals surface area contributed by atoms with Crippen LogP contribution in [-0.4, -0.2) is 74.4 Å². The molecule has 4 rings (SSSR count). The molecule has 0 saturated heterocycles. The Labute approximate surface area is 231 Å². The van der Waals surface area contributed by atoms with Crippen LogP contribution in [0.2, 0.25) is 0 Å². The summed E-state index contributed by atoms with van der Waals surface area (Å²) >= 11 is 0. The summed E-state index contributed by atoms with van der Waals surface area (Å²) < 4.78 is 0. The van der Waals surface area contributed by atoms with Gasteiger partial charge in [0.15, 0.2) is 11.4 Å². The van der Waals surface area contributed by atoms with E-state index in [1.807, 2.05) is 0 Å². The summed E-state index contributed by atoms with van der Waals surface area (Å²) in [6.45, 7) is 2.90. The first-order chi connectivity index (χ1) is 16.2. The van der Waals surface area contributed by atoms with Gasteiger partial charge in [-0.2, -0.15) is 11.6 Å². The number of hydrogen-bond donors (Lipinski definition) is 6. The summed E-state index contributed by atoms with van der Waals surface area (Å²) in [7, 11) is 3.07. The van der Waals surface area contributed by atoms with Gasteiger partial charge in [0.25, 0.3) is 5.91 Å². The first-order valence-corrected chi connectivity index (χ1v) is 10.9. The zero-order chi connectivity index (χ0) is 26.1. The molecule has 1 fully saturated rings. The maximum atomic E-state index is 13.7. The van der Waals surface area contributed by atoms with Gasteiger partial charge in [0.05, 0.1) is 6.04 Å². The van der Waals surface area contributed by atoms with Gasteiger partial charge in [-0.3, -0.25) is 24.1 Å². The van der Waals surface area contributed by atoms with E-state index in [9.17, 15) is 39.6 Å². The number of carbonyl (C=O) groups excluding carboxylic acids is 4. The van der Waals surface area contributed by atoms with E-state index in [2.05, 4.69) is 11.4 Å². The maximum absolute atomic E-state index is 13.7. The Balaban J connectivity index is 0.00000361. The van der Waals surface area contributed by atoms with Crippen LogP contribution in [0.4, 0.5) is 5.69 Å². The second kappa shape index (κ2) is 9.37. The molecule has 12 heteroatoms. The molecule has 0 aromatic heterocycles. The molecule has 1 aromatic carbocycles. The molecule has 0 spiro atoms. The molecule has 4 atom stereocenters. The first-order valence-electron chi connectivity index (χ1n) is 10.9. The van der Waals surface area contributed by atoms with Gasteiger partial charge in [-0.05, 0) is 37.7 Å². The second-order valence-corrected chi connectivity index (χ2v) is 9.47. The SMILES string of the molecule is CC(=O)Nc1[c-]c(C)c2c(c1O)C(O)=C1C(=O)[C@]3(O)C(O)=C(C(N)=O)C(=O)[C@@H](N(C)C)[C@@H]3C[C@@H]1C2.[Y]. The fourth-order valence-corrected chi connectivity index (χ4v) is 5.69. The van der Waals surface area contributed by atoms with Gasteiger partial charge < -0.3 is 31.5 Å². The molecule has 7 N–H and O–H groups in total. The van der Waals surface area contributed by atoms with E-state index in [0.717, 1.165) is 0 Å². The van der Waals surface area contributed by atoms with Crippen molar-refractivity contribution < 1.29 is 72.3 Å². The average Bonchev–Trinajstić information content (AvgIpc) is 2.73. The average molecular weight is 573 g/mol. The zero-order valence-corrected chi connectivity index (χ0v) is 23.0. The number of likely N-dealkylation sites (N-methyl/N-ethyl adjacent to an activating group) is 1. The van der Waals surface area contributed by atoms with Crippen LogP contribution in [0.15, 0.2) is 16.9 Å². The molecule has 0 unspecified atom stereocenters. The van der Waals surface area contributed by atoms with Crippen LogP contribution in [0, 0.1) is 24.8 Å². The van der Waals surface area contributed by atoms with Crippen LogP contribution in [0.25, 0.3) is 5.76 Å². The Morgan fingerprint density at radius 3 is 2.33 bits per heavy atom. The summed E-state index contributed by atoms with van der Waals surface area (Å²) in [5, 5.41) is 46.8. The van der Waals surface area contributed by atoms with Crippen LogP contribution < -0.4 is 11.1 Å². The number of rotatable bonds is 3. The Hall–Kier alpha value is -2.60. The summed E-state index contributed by atoms with van der Waals surface area (Å²) in [5.74, 6) is -7.77. The number of phenols is 1. The molecule has 3 aliphatic carbocycles. The minimum absolute atomic E-state index is 0. The number of aromatic hydroxyl groups is 1. The number of phenolic OH excluding ortho intramolecular Hbond substituents is 1. The Bertz CT molecular complexity index is 1280. The molecule has 0 aliphatic heterocycles. The number of aryl methyl sites for hydroxylation is 1. The predicted octanol–water partition coefficient (Wildman–Crippen LogP) is 0.0285. The number of amides is 2. The van der Waals surface area contributed by atoms with E-state index in [1.54, 1.807) is 6.92 Å². The van der Waals surface area contributed by atoms with Crippen molar-refractivity contribution in [2.45, 2.75) is 38.3 Å². The number of Topliss-reactive ketones (excluding diaryl/α,β-unsaturated/α-hetero) is 2. The number of nitrogens with two attached hydrogens (primary N) is 1. The molecule has 3 aliphatic rings. The molecule has 0 bridgehead atoms. The van der Waals surface area contributed by atoms with Crippen LogP contribution in [0.5, 0.6) is 5.75 Å². The Morgan fingerprint density at radius 1 is 1.19 bits per heavy atom. The molecule has 36 heavy (non-hydrogen) atoms. The van der Waals surface area contributed by atoms with Crippen LogP contribution in [-0.2, 0) is 58.3 Å². The largest absolute Gasteiger partial charge is 0.563 e. The normalized spacial score (nSPS) is 27.2. The number of fused-ring (bicyclic) bond motifs is 3. The first kappa shape index (κ1) is 28.0. The number of aliphatic hydroxyl groups is 3. The molecule has 2 amide bonds. The maximum Gasteiger partial charge on any atom is 0.255 e. The third-order valence-electron chi connectivity index (χ3n) is 7.15. The minimum atomic E-state index is -2.70. The number of hydrogen-bond acceptors (Lipinski definition) is 9. The second-order valence-electron chi connectivity index (χ2n) is 9.47. The van der Waals surface area contributed by atoms with Crippen molar-refractivity contribution in [1.82, 2.24) is 4.90 Å². The van der Waals surface area contributed by atoms with E-state index >= 15 is 0 Å². The third-order valence-corrected chi connectivity index (χ3v) is 7.15. The predicted molar refractivity (Wildman–Crippen MR) is 122 cm³/mol. The number of aliphatic hydroxyl groups excluding tert-OH is 2. The van der Waals surface area contributed by atoms with E-state index in [1.165, 1.54) is 25.9 Å². The van der Waals surface area contributed by atoms with E-state index in [-0.39, 0.29) is 62.4 Å². The Morgan fingerprint density at radius 2 is 1.81 bits per heavy atom. The fraction of sp³-hybridized carbons (Fsp3) is 0.417. The van der Waals surface area contributed by atoms with Crippen molar-refractivity contribution in [1.29, 1.82) is 0 Å². The molecule has 189 valence electrons. The summed E-state index contributed by atoms with van der Waals surface area (Å²) in [6.07, 6.45) is 0.157. The summed E-state index contributed by atoms with van der Waals surface area (Å²) in [6, 6.07) is 1.73. The van der Waals surface area contributed by atoms with Gasteiger partial charge in [-0.15, -0.1) is 5.56 Å². The minimum Gasteiger partial charge on any atom is -0.563 e. The van der Waals surface area contributed by atoms with Gasteiger partial charge in [-0.1, -0.05) is 13.3 Å². The molecular weight excluding hydrogens is 547 g/mol. The van der Waals surface area contributed by atoms with Crippen molar-refractivity contribution >= 4 is 34.8 Å². The molecule has 11 nitrogen and oxygen atoms in total. The van der Waals surface area contributed by atoms with Crippen molar-refractivity contribution in [3.63, 3.8) is 0 Å². The van der Waals surface area contributed by atoms with Crippen LogP contribution in [0.1, 0.15) is 30.0 Å². The Kier molecular flexibility index (Phi) is 7.28. The number of carbonyl (C=O) groups is 4. The summed E-state index contributed by atoms with van der Waals surface area (Å²) in [5.41, 5.74) is 2.30. The van der Waals surface area contributed by atoms with E-state index in [4.69, 9.17) is 5.73 Å². The van der Waals surface area contributed by atoms with Crippen LogP contribution in [0.3, 0.4) is 0 Å². The molecule has 0 heterocycles. The van der Waals surface area contributed by atoms with E-state index < -0.39 is 69.7 Å². The quantitative estimate of drug-likeness (QED) is 0.165. The number of nitrogens with one attached hydrogen (secondary N) is 1. The van der Waals surface area contributed by atoms with Crippen molar-refractivity contribution in [3.05, 3.63) is 39.7 Å². The third kappa shape index (κ3) is 3.80. The summed E-state index contributed by atoms with van der Waals surface area (Å²) in [4.78, 5) is 51.8. The van der Waals surface area contributed by atoms with Gasteiger partial charge in [-0.25, -0.2) is 0 Å². The molecule has 1 aromatic rings. The molecule has 1 radical (unpaired) electrons. The number of ketones is 2. The number of primary amides is 1. The van der Waals surface area contributed by atoms with E-state index in [0.29, 0.717) is 11.1 Å². The van der Waals surface area contributed by atoms with Crippen molar-refractivity contribution in [2.24, 2.45) is 17.6 Å². The van der Waals surface area contributed by atoms with Gasteiger partial charge in [0.2, 0.25) is 11.7 Å². The topological polar surface area (TPSA) is 190 Å². The van der Waals surface area contributed by atoms with Gasteiger partial charge in [0.1, 0.15) is 17.1 Å². The van der Waals surface area contributed by atoms with Crippen molar-refractivity contribution in [3.8, 4) is 5.75 Å². The van der Waals surface area contributed by atoms with Gasteiger partial charge in [0, 0.05) is 56.9 Å². The molecule has 1 saturated carbocycles. The smallest absolute Gasteiger partial charge is 0.255 e. The monoisotopic (exact) mass is 573 g/mol.